The Morgan fingerprint density at radius 3 is 2.38 bits per heavy atom. The van der Waals surface area contributed by atoms with Crippen molar-refractivity contribution in [3.05, 3.63) is 65.4 Å². The number of unbranched alkanes of at least 4 members (excludes halogenated alkanes) is 2. The molecule has 7 nitrogen and oxygen atoms in total. The molecule has 0 spiro atoms. The van der Waals surface area contributed by atoms with Gasteiger partial charge in [0.25, 0.3) is 0 Å². The maximum absolute atomic E-state index is 13.4. The molecule has 0 saturated carbocycles. The number of benzene rings is 2. The molecular formula is C32H44N4O3S. The lowest BCUT2D eigenvalue weighted by atomic mass is 9.99. The van der Waals surface area contributed by atoms with Crippen molar-refractivity contribution in [3.8, 4) is 11.1 Å². The van der Waals surface area contributed by atoms with Gasteiger partial charge in [-0.05, 0) is 73.7 Å². The Morgan fingerprint density at radius 1 is 1.02 bits per heavy atom. The third-order valence-electron chi connectivity index (χ3n) is 7.17. The van der Waals surface area contributed by atoms with Crippen molar-refractivity contribution >= 4 is 29.6 Å². The first kappa shape index (κ1) is 31.3. The minimum absolute atomic E-state index is 0.0423. The van der Waals surface area contributed by atoms with Gasteiger partial charge in [0, 0.05) is 30.5 Å². The summed E-state index contributed by atoms with van der Waals surface area (Å²) in [6.07, 6.45) is 4.89. The number of likely N-dealkylation sites (N-methyl/N-ethyl adjacent to an activating group) is 1. The van der Waals surface area contributed by atoms with Gasteiger partial charge in [0.05, 0.1) is 5.69 Å². The highest BCUT2D eigenvalue weighted by molar-refractivity contribution is 8.00. The molecule has 3 aromatic rings. The van der Waals surface area contributed by atoms with Crippen LogP contribution in [0.1, 0.15) is 76.1 Å². The van der Waals surface area contributed by atoms with Crippen LogP contribution in [-0.4, -0.2) is 35.0 Å². The summed E-state index contributed by atoms with van der Waals surface area (Å²) in [5.41, 5.74) is 5.03. The highest BCUT2D eigenvalue weighted by atomic mass is 32.2. The number of carbonyl (C=O) groups is 2. The number of anilines is 1. The number of nitrogens with one attached hydrogen (secondary N) is 2. The fourth-order valence-corrected chi connectivity index (χ4v) is 5.36. The Kier molecular flexibility index (Phi) is 12.1. The van der Waals surface area contributed by atoms with E-state index in [1.54, 1.807) is 11.9 Å². The highest BCUT2D eigenvalue weighted by Gasteiger charge is 2.29. The van der Waals surface area contributed by atoms with Crippen LogP contribution in [0.25, 0.3) is 11.1 Å². The van der Waals surface area contributed by atoms with Gasteiger partial charge in [-0.15, -0.1) is 0 Å². The van der Waals surface area contributed by atoms with E-state index < -0.39 is 6.04 Å². The molecule has 1 aromatic heterocycles. The van der Waals surface area contributed by atoms with Crippen LogP contribution in [-0.2, 0) is 16.1 Å². The van der Waals surface area contributed by atoms with Gasteiger partial charge in [-0.1, -0.05) is 81.2 Å². The molecule has 8 heteroatoms. The van der Waals surface area contributed by atoms with Gasteiger partial charge in [-0.3, -0.25) is 14.3 Å². The molecule has 2 N–H and O–H groups in total. The van der Waals surface area contributed by atoms with E-state index in [2.05, 4.69) is 72.4 Å². The van der Waals surface area contributed by atoms with E-state index in [-0.39, 0.29) is 11.8 Å². The Hall–Kier alpha value is -3.26. The Balaban J connectivity index is 1.81. The second kappa shape index (κ2) is 15.5. The number of hydrogen-bond acceptors (Lipinski definition) is 6. The number of amides is 2. The SMILES string of the molecule is CCCCCC(=O)N(Cc1ccc(-c2ccccc2SNc2onc(C)c2C)cc1)[C@@H](CCC(C)C)C(=O)NC. The minimum atomic E-state index is -0.479. The van der Waals surface area contributed by atoms with Gasteiger partial charge in [-0.25, -0.2) is 0 Å². The zero-order valence-electron chi connectivity index (χ0n) is 24.8. The lowest BCUT2D eigenvalue weighted by Crippen LogP contribution is -2.48. The van der Waals surface area contributed by atoms with Gasteiger partial charge in [-0.2, -0.15) is 0 Å². The average Bonchev–Trinajstić information content (AvgIpc) is 3.28. The van der Waals surface area contributed by atoms with Gasteiger partial charge >= 0.3 is 0 Å². The molecular weight excluding hydrogens is 520 g/mol. The summed E-state index contributed by atoms with van der Waals surface area (Å²) in [6.45, 7) is 10.7. The standard InChI is InChI=1S/C32H44N4O3S/c1-7-8-9-14-30(37)36(28(31(38)33-6)20-15-22(2)3)21-25-16-18-26(19-17-25)27-12-10-11-13-29(27)40-35-32-23(4)24(5)34-39-32/h10-13,16-19,22,28,35H,7-9,14-15,20-21H2,1-6H3,(H,33,38)/t28-/m0/s1. The third kappa shape index (κ3) is 8.62. The lowest BCUT2D eigenvalue weighted by molar-refractivity contribution is -0.141. The van der Waals surface area contributed by atoms with E-state index in [0.29, 0.717) is 31.2 Å². The van der Waals surface area contributed by atoms with Crippen molar-refractivity contribution in [1.82, 2.24) is 15.4 Å². The molecule has 0 unspecified atom stereocenters. The molecule has 2 aromatic carbocycles. The summed E-state index contributed by atoms with van der Waals surface area (Å²) in [5, 5.41) is 6.81. The maximum atomic E-state index is 13.4. The molecule has 1 heterocycles. The van der Waals surface area contributed by atoms with Gasteiger partial charge < -0.3 is 14.7 Å². The Bertz CT molecular complexity index is 1240. The summed E-state index contributed by atoms with van der Waals surface area (Å²) in [4.78, 5) is 29.2. The number of rotatable bonds is 15. The van der Waals surface area contributed by atoms with Crippen molar-refractivity contribution in [3.63, 3.8) is 0 Å². The third-order valence-corrected chi connectivity index (χ3v) is 8.04. The Labute approximate surface area is 243 Å². The maximum Gasteiger partial charge on any atom is 0.242 e. The normalized spacial score (nSPS) is 11.9. The number of aryl methyl sites for hydroxylation is 1. The first-order valence-corrected chi connectivity index (χ1v) is 15.1. The fraction of sp³-hybridized carbons (Fsp3) is 0.469. The largest absolute Gasteiger partial charge is 0.357 e. The van der Waals surface area contributed by atoms with Crippen LogP contribution in [0.5, 0.6) is 0 Å². The van der Waals surface area contributed by atoms with Crippen LogP contribution in [0.15, 0.2) is 57.9 Å². The second-order valence-electron chi connectivity index (χ2n) is 10.7. The zero-order chi connectivity index (χ0) is 29.1. The summed E-state index contributed by atoms with van der Waals surface area (Å²) in [5.74, 6) is 1.05. The van der Waals surface area contributed by atoms with Crippen molar-refractivity contribution in [2.45, 2.75) is 90.6 Å². The number of hydrogen-bond donors (Lipinski definition) is 2. The van der Waals surface area contributed by atoms with Crippen LogP contribution in [0.2, 0.25) is 0 Å². The molecule has 0 radical (unpaired) electrons. The summed E-state index contributed by atoms with van der Waals surface area (Å²) in [6, 6.07) is 16.0. The highest BCUT2D eigenvalue weighted by Crippen LogP contribution is 2.33. The molecule has 0 bridgehead atoms. The lowest BCUT2D eigenvalue weighted by Gasteiger charge is -2.31. The molecule has 3 rings (SSSR count). The van der Waals surface area contributed by atoms with E-state index in [4.69, 9.17) is 4.52 Å². The molecule has 1 atom stereocenters. The zero-order valence-corrected chi connectivity index (χ0v) is 25.6. The second-order valence-corrected chi connectivity index (χ2v) is 11.5. The molecule has 0 aliphatic carbocycles. The van der Waals surface area contributed by atoms with E-state index >= 15 is 0 Å². The van der Waals surface area contributed by atoms with Gasteiger partial charge in [0.15, 0.2) is 0 Å². The summed E-state index contributed by atoms with van der Waals surface area (Å²) >= 11 is 1.49. The first-order chi connectivity index (χ1) is 19.2. The number of carbonyl (C=O) groups excluding carboxylic acids is 2. The molecule has 0 aliphatic rings. The topological polar surface area (TPSA) is 87.5 Å². The predicted molar refractivity (Wildman–Crippen MR) is 164 cm³/mol. The molecule has 0 fully saturated rings. The smallest absolute Gasteiger partial charge is 0.242 e. The van der Waals surface area contributed by atoms with Crippen LogP contribution in [0.4, 0.5) is 5.88 Å². The van der Waals surface area contributed by atoms with Gasteiger partial charge in [0.1, 0.15) is 6.04 Å². The predicted octanol–water partition coefficient (Wildman–Crippen LogP) is 7.54. The van der Waals surface area contributed by atoms with E-state index in [0.717, 1.165) is 58.5 Å². The molecule has 216 valence electrons. The van der Waals surface area contributed by atoms with Crippen molar-refractivity contribution in [1.29, 1.82) is 0 Å². The van der Waals surface area contributed by atoms with Crippen LogP contribution in [0.3, 0.4) is 0 Å². The monoisotopic (exact) mass is 564 g/mol. The van der Waals surface area contributed by atoms with Crippen LogP contribution in [0, 0.1) is 19.8 Å². The average molecular weight is 565 g/mol. The summed E-state index contributed by atoms with van der Waals surface area (Å²) < 4.78 is 8.68. The molecule has 2 amide bonds. The van der Waals surface area contributed by atoms with E-state index in [9.17, 15) is 9.59 Å². The quantitative estimate of drug-likeness (QED) is 0.146. The fourth-order valence-electron chi connectivity index (χ4n) is 4.52. The van der Waals surface area contributed by atoms with Gasteiger partial charge in [0.2, 0.25) is 17.7 Å². The number of nitrogens with zero attached hydrogens (tertiary/aromatic N) is 2. The number of aromatic nitrogens is 1. The molecule has 40 heavy (non-hydrogen) atoms. The molecule has 0 aliphatic heterocycles. The molecule has 0 saturated heterocycles. The van der Waals surface area contributed by atoms with Crippen molar-refractivity contribution < 1.29 is 14.1 Å². The minimum Gasteiger partial charge on any atom is -0.357 e. The van der Waals surface area contributed by atoms with Crippen LogP contribution < -0.4 is 10.0 Å². The van der Waals surface area contributed by atoms with Crippen LogP contribution >= 0.6 is 11.9 Å². The first-order valence-electron chi connectivity index (χ1n) is 14.3. The van der Waals surface area contributed by atoms with E-state index in [1.165, 1.54) is 11.9 Å². The van der Waals surface area contributed by atoms with Crippen molar-refractivity contribution in [2.75, 3.05) is 11.8 Å². The summed E-state index contributed by atoms with van der Waals surface area (Å²) in [7, 11) is 1.65. The van der Waals surface area contributed by atoms with E-state index in [1.807, 2.05) is 26.0 Å². The Morgan fingerprint density at radius 2 is 1.75 bits per heavy atom. The van der Waals surface area contributed by atoms with Crippen molar-refractivity contribution in [2.24, 2.45) is 5.92 Å².